The van der Waals surface area contributed by atoms with Gasteiger partial charge in [0.15, 0.2) is 5.16 Å². The van der Waals surface area contributed by atoms with Crippen LogP contribution in [0.1, 0.15) is 5.56 Å². The molecule has 2 aromatic heterocycles. The summed E-state index contributed by atoms with van der Waals surface area (Å²) >= 11 is 1.57. The van der Waals surface area contributed by atoms with Gasteiger partial charge in [0.1, 0.15) is 5.58 Å². The van der Waals surface area contributed by atoms with Crippen LogP contribution in [-0.4, -0.2) is 9.55 Å². The van der Waals surface area contributed by atoms with Crippen LogP contribution < -0.4 is 5.63 Å². The average Bonchev–Trinajstić information content (AvgIpc) is 3.12. The second-order valence-corrected chi connectivity index (χ2v) is 7.71. The van der Waals surface area contributed by atoms with E-state index in [0.717, 1.165) is 38.4 Å². The molecule has 0 saturated heterocycles. The highest BCUT2D eigenvalue weighted by molar-refractivity contribution is 7.98. The van der Waals surface area contributed by atoms with Gasteiger partial charge in [0.05, 0.1) is 22.3 Å². The summed E-state index contributed by atoms with van der Waals surface area (Å²) in [6, 6.07) is 24.1. The third-order valence-corrected chi connectivity index (χ3v) is 6.15. The highest BCUT2D eigenvalue weighted by Crippen LogP contribution is 2.42. The Hall–Kier alpha value is -3.31. The van der Waals surface area contributed by atoms with Crippen molar-refractivity contribution in [1.29, 1.82) is 0 Å². The van der Waals surface area contributed by atoms with Crippen molar-refractivity contribution in [2.75, 3.05) is 0 Å². The van der Waals surface area contributed by atoms with Crippen molar-refractivity contribution in [3.63, 3.8) is 0 Å². The van der Waals surface area contributed by atoms with E-state index in [-0.39, 0.29) is 5.63 Å². The Balaban J connectivity index is 1.83. The first kappa shape index (κ1) is 15.7. The number of aromatic nitrogens is 2. The van der Waals surface area contributed by atoms with E-state index in [4.69, 9.17) is 9.40 Å². The van der Waals surface area contributed by atoms with Crippen LogP contribution in [0.5, 0.6) is 0 Å². The van der Waals surface area contributed by atoms with E-state index in [2.05, 4.69) is 22.8 Å². The lowest BCUT2D eigenvalue weighted by Gasteiger charge is -2.21. The molecule has 28 heavy (non-hydrogen) atoms. The molecule has 3 aromatic carbocycles. The van der Waals surface area contributed by atoms with Crippen LogP contribution in [-0.2, 0) is 5.75 Å². The van der Waals surface area contributed by atoms with E-state index in [1.54, 1.807) is 11.8 Å². The van der Waals surface area contributed by atoms with Crippen LogP contribution in [0.2, 0.25) is 0 Å². The largest absolute Gasteiger partial charge is 0.422 e. The first-order valence-electron chi connectivity index (χ1n) is 9.06. The predicted molar refractivity (Wildman–Crippen MR) is 112 cm³/mol. The van der Waals surface area contributed by atoms with Gasteiger partial charge in [0, 0.05) is 11.1 Å². The molecule has 4 nitrogen and oxygen atoms in total. The average molecular weight is 382 g/mol. The Labute approximate surface area is 164 Å². The molecule has 134 valence electrons. The zero-order valence-electron chi connectivity index (χ0n) is 14.8. The van der Waals surface area contributed by atoms with Crippen LogP contribution in [0.25, 0.3) is 38.8 Å². The van der Waals surface area contributed by atoms with Gasteiger partial charge in [0.25, 0.3) is 0 Å². The summed E-state index contributed by atoms with van der Waals surface area (Å²) in [5, 5.41) is 1.86. The van der Waals surface area contributed by atoms with Gasteiger partial charge in [-0.25, -0.2) is 9.78 Å². The number of hydrogen-bond donors (Lipinski definition) is 0. The van der Waals surface area contributed by atoms with Crippen LogP contribution in [0, 0.1) is 0 Å². The van der Waals surface area contributed by atoms with Crippen LogP contribution >= 0.6 is 11.8 Å². The molecular weight excluding hydrogens is 368 g/mol. The molecule has 1 aliphatic rings. The number of fused-ring (bicyclic) bond motifs is 7. The highest BCUT2D eigenvalue weighted by atomic mass is 32.2. The minimum atomic E-state index is -0.274. The lowest BCUT2D eigenvalue weighted by molar-refractivity contribution is 0.552. The van der Waals surface area contributed by atoms with Gasteiger partial charge in [0.2, 0.25) is 0 Å². The molecule has 0 amide bonds. The Morgan fingerprint density at radius 1 is 0.929 bits per heavy atom. The summed E-state index contributed by atoms with van der Waals surface area (Å²) in [5.41, 5.74) is 5.98. The second-order valence-electron chi connectivity index (χ2n) is 6.77. The van der Waals surface area contributed by atoms with Crippen molar-refractivity contribution in [2.45, 2.75) is 10.9 Å². The standard InChI is InChI=1S/C23H14N2O2S/c26-22-16-13-28-23-24-17-10-4-5-11-18(17)25(23)21(16)20-15(9-6-12-19(20)27-22)14-7-2-1-3-8-14/h1-12H,13H2. The quantitative estimate of drug-likeness (QED) is 0.364. The van der Waals surface area contributed by atoms with E-state index in [1.165, 1.54) is 0 Å². The molecule has 0 spiro atoms. The fraction of sp³-hybridized carbons (Fsp3) is 0.0435. The molecule has 0 aliphatic carbocycles. The van der Waals surface area contributed by atoms with Crippen molar-refractivity contribution >= 4 is 33.8 Å². The fourth-order valence-corrected chi connectivity index (χ4v) is 4.96. The minimum Gasteiger partial charge on any atom is -0.422 e. The Morgan fingerprint density at radius 3 is 2.64 bits per heavy atom. The van der Waals surface area contributed by atoms with Crippen LogP contribution in [0.4, 0.5) is 0 Å². The lowest BCUT2D eigenvalue weighted by Crippen LogP contribution is -2.17. The summed E-state index contributed by atoms with van der Waals surface area (Å²) in [7, 11) is 0. The molecule has 5 aromatic rings. The van der Waals surface area contributed by atoms with E-state index in [9.17, 15) is 4.79 Å². The first-order chi connectivity index (χ1) is 13.8. The second kappa shape index (κ2) is 5.84. The van der Waals surface area contributed by atoms with Crippen LogP contribution in [0.15, 0.2) is 87.2 Å². The SMILES string of the molecule is O=c1oc2cccc(-c3ccccc3)c2c2c1CSc1nc3ccccc3n1-2. The molecule has 0 radical (unpaired) electrons. The third-order valence-electron chi connectivity index (χ3n) is 5.18. The summed E-state index contributed by atoms with van der Waals surface area (Å²) in [6.07, 6.45) is 0. The normalized spacial score (nSPS) is 12.9. The topological polar surface area (TPSA) is 48.0 Å². The molecule has 0 fully saturated rings. The molecular formula is C23H14N2O2S. The van der Waals surface area contributed by atoms with Gasteiger partial charge < -0.3 is 4.42 Å². The molecule has 1 aliphatic heterocycles. The number of imidazole rings is 1. The fourth-order valence-electron chi connectivity index (χ4n) is 3.96. The maximum absolute atomic E-state index is 12.8. The van der Waals surface area contributed by atoms with Crippen molar-refractivity contribution < 1.29 is 4.42 Å². The summed E-state index contributed by atoms with van der Waals surface area (Å²) < 4.78 is 7.84. The molecule has 3 heterocycles. The van der Waals surface area contributed by atoms with Crippen LogP contribution in [0.3, 0.4) is 0 Å². The highest BCUT2D eigenvalue weighted by Gasteiger charge is 2.27. The molecule has 0 unspecified atom stereocenters. The number of hydrogen-bond acceptors (Lipinski definition) is 4. The van der Waals surface area contributed by atoms with E-state index < -0.39 is 0 Å². The van der Waals surface area contributed by atoms with Gasteiger partial charge >= 0.3 is 5.63 Å². The maximum atomic E-state index is 12.8. The minimum absolute atomic E-state index is 0.274. The van der Waals surface area contributed by atoms with E-state index in [1.807, 2.05) is 54.6 Å². The van der Waals surface area contributed by atoms with E-state index in [0.29, 0.717) is 16.9 Å². The monoisotopic (exact) mass is 382 g/mol. The summed E-state index contributed by atoms with van der Waals surface area (Å²) in [6.45, 7) is 0. The molecule has 0 N–H and O–H groups in total. The van der Waals surface area contributed by atoms with Crippen molar-refractivity contribution in [3.05, 3.63) is 88.8 Å². The predicted octanol–water partition coefficient (Wildman–Crippen LogP) is 5.40. The molecule has 6 rings (SSSR count). The van der Waals surface area contributed by atoms with E-state index >= 15 is 0 Å². The summed E-state index contributed by atoms with van der Waals surface area (Å²) in [4.78, 5) is 17.6. The van der Waals surface area contributed by atoms with Crippen molar-refractivity contribution in [1.82, 2.24) is 9.55 Å². The Bertz CT molecular complexity index is 1430. The number of rotatable bonds is 1. The zero-order valence-corrected chi connectivity index (χ0v) is 15.6. The number of para-hydroxylation sites is 2. The molecule has 0 bridgehead atoms. The maximum Gasteiger partial charge on any atom is 0.342 e. The van der Waals surface area contributed by atoms with Gasteiger partial charge in [-0.1, -0.05) is 66.4 Å². The lowest BCUT2D eigenvalue weighted by atomic mass is 9.98. The Morgan fingerprint density at radius 2 is 1.75 bits per heavy atom. The number of thioether (sulfide) groups is 1. The zero-order chi connectivity index (χ0) is 18.7. The van der Waals surface area contributed by atoms with Gasteiger partial charge in [-0.2, -0.15) is 0 Å². The number of nitrogens with zero attached hydrogens (tertiary/aromatic N) is 2. The molecule has 0 saturated carbocycles. The van der Waals surface area contributed by atoms with Crippen molar-refractivity contribution in [3.8, 4) is 16.8 Å². The summed E-state index contributed by atoms with van der Waals surface area (Å²) in [5.74, 6) is 0.556. The third kappa shape index (κ3) is 2.14. The molecule has 5 heteroatoms. The van der Waals surface area contributed by atoms with Crippen molar-refractivity contribution in [2.24, 2.45) is 0 Å². The van der Waals surface area contributed by atoms with Gasteiger partial charge in [-0.3, -0.25) is 4.57 Å². The molecule has 0 atom stereocenters. The van der Waals surface area contributed by atoms with Gasteiger partial charge in [-0.05, 0) is 29.3 Å². The first-order valence-corrected chi connectivity index (χ1v) is 10.0. The Kier molecular flexibility index (Phi) is 3.28. The smallest absolute Gasteiger partial charge is 0.342 e. The van der Waals surface area contributed by atoms with Gasteiger partial charge in [-0.15, -0.1) is 0 Å². The number of benzene rings is 3.